The van der Waals surface area contributed by atoms with Crippen LogP contribution in [-0.4, -0.2) is 42.8 Å². The molecule has 7 heteroatoms. The van der Waals surface area contributed by atoms with Crippen LogP contribution in [0.3, 0.4) is 0 Å². The molecule has 0 fully saturated rings. The number of hydrogen-bond donors (Lipinski definition) is 2. The minimum Gasteiger partial charge on any atom is -0.460 e. The van der Waals surface area contributed by atoms with Crippen LogP contribution in [0.25, 0.3) is 0 Å². The molecule has 0 heterocycles. The maximum Gasteiger partial charge on any atom is 0.408 e. The molecule has 0 radical (unpaired) electrons. The van der Waals surface area contributed by atoms with E-state index in [-0.39, 0.29) is 19.6 Å². The number of amides is 2. The summed E-state index contributed by atoms with van der Waals surface area (Å²) < 4.78 is 10.0. The zero-order valence-corrected chi connectivity index (χ0v) is 15.4. The van der Waals surface area contributed by atoms with Gasteiger partial charge in [0.2, 0.25) is 5.91 Å². The first-order valence-electron chi connectivity index (χ1n) is 8.29. The molecule has 0 saturated carbocycles. The molecule has 0 saturated heterocycles. The minimum absolute atomic E-state index is 0.0678. The van der Waals surface area contributed by atoms with Crippen molar-refractivity contribution in [1.29, 1.82) is 0 Å². The topological polar surface area (TPSA) is 93.7 Å². The molecule has 1 atom stereocenters. The molecular weight excluding hydrogens is 336 g/mol. The maximum absolute atomic E-state index is 12.4. The Labute approximate surface area is 153 Å². The summed E-state index contributed by atoms with van der Waals surface area (Å²) in [5.41, 5.74) is 0.171. The SMILES string of the molecule is C=CCOC(=O)CNC(=O)C(Cc1ccccc1)NC(=O)OC(C)(C)C. The van der Waals surface area contributed by atoms with Crippen molar-refractivity contribution in [2.75, 3.05) is 13.2 Å². The van der Waals surface area contributed by atoms with Crippen molar-refractivity contribution in [2.24, 2.45) is 0 Å². The Morgan fingerprint density at radius 2 is 1.85 bits per heavy atom. The van der Waals surface area contributed by atoms with Gasteiger partial charge in [-0.1, -0.05) is 43.0 Å². The highest BCUT2D eigenvalue weighted by Gasteiger charge is 2.25. The Kier molecular flexibility index (Phi) is 8.34. The van der Waals surface area contributed by atoms with Gasteiger partial charge >= 0.3 is 12.1 Å². The zero-order valence-electron chi connectivity index (χ0n) is 15.4. The lowest BCUT2D eigenvalue weighted by molar-refractivity contribution is -0.142. The monoisotopic (exact) mass is 362 g/mol. The third-order valence-electron chi connectivity index (χ3n) is 3.06. The van der Waals surface area contributed by atoms with Gasteiger partial charge in [0, 0.05) is 6.42 Å². The normalized spacial score (nSPS) is 11.8. The molecule has 2 N–H and O–H groups in total. The quantitative estimate of drug-likeness (QED) is 0.545. The Morgan fingerprint density at radius 3 is 2.42 bits per heavy atom. The average Bonchev–Trinajstić information content (AvgIpc) is 2.56. The summed E-state index contributed by atoms with van der Waals surface area (Å²) in [6.45, 7) is 8.40. The zero-order chi connectivity index (χ0) is 19.6. The van der Waals surface area contributed by atoms with E-state index in [2.05, 4.69) is 17.2 Å². The van der Waals surface area contributed by atoms with Crippen molar-refractivity contribution in [2.45, 2.75) is 38.8 Å². The summed E-state index contributed by atoms with van der Waals surface area (Å²) in [4.78, 5) is 35.9. The fraction of sp³-hybridized carbons (Fsp3) is 0.421. The lowest BCUT2D eigenvalue weighted by Gasteiger charge is -2.23. The lowest BCUT2D eigenvalue weighted by atomic mass is 10.1. The summed E-state index contributed by atoms with van der Waals surface area (Å²) in [6.07, 6.45) is 0.984. The molecule has 0 aliphatic heterocycles. The smallest absolute Gasteiger partial charge is 0.408 e. The Balaban J connectivity index is 2.72. The van der Waals surface area contributed by atoms with Gasteiger partial charge in [-0.3, -0.25) is 9.59 Å². The van der Waals surface area contributed by atoms with Gasteiger partial charge < -0.3 is 20.1 Å². The molecule has 0 aromatic heterocycles. The van der Waals surface area contributed by atoms with Crippen LogP contribution in [0.5, 0.6) is 0 Å². The summed E-state index contributed by atoms with van der Waals surface area (Å²) in [7, 11) is 0. The van der Waals surface area contributed by atoms with Crippen LogP contribution >= 0.6 is 0 Å². The summed E-state index contributed by atoms with van der Waals surface area (Å²) in [6, 6.07) is 8.33. The molecule has 0 aliphatic rings. The second kappa shape index (κ2) is 10.2. The van der Waals surface area contributed by atoms with E-state index < -0.39 is 29.6 Å². The molecule has 26 heavy (non-hydrogen) atoms. The maximum atomic E-state index is 12.4. The second-order valence-electron chi connectivity index (χ2n) is 6.58. The number of hydrogen-bond acceptors (Lipinski definition) is 5. The molecule has 1 aromatic carbocycles. The third kappa shape index (κ3) is 8.86. The first-order valence-corrected chi connectivity index (χ1v) is 8.29. The molecule has 1 rings (SSSR count). The van der Waals surface area contributed by atoms with E-state index in [0.29, 0.717) is 0 Å². The number of ether oxygens (including phenoxy) is 2. The van der Waals surface area contributed by atoms with Gasteiger partial charge in [-0.2, -0.15) is 0 Å². The van der Waals surface area contributed by atoms with Crippen molar-refractivity contribution in [1.82, 2.24) is 10.6 Å². The van der Waals surface area contributed by atoms with Crippen molar-refractivity contribution in [3.63, 3.8) is 0 Å². The van der Waals surface area contributed by atoms with E-state index in [9.17, 15) is 14.4 Å². The highest BCUT2D eigenvalue weighted by Crippen LogP contribution is 2.08. The van der Waals surface area contributed by atoms with Gasteiger partial charge in [0.1, 0.15) is 24.8 Å². The van der Waals surface area contributed by atoms with Gasteiger partial charge in [-0.15, -0.1) is 0 Å². The largest absolute Gasteiger partial charge is 0.460 e. The lowest BCUT2D eigenvalue weighted by Crippen LogP contribution is -2.50. The van der Waals surface area contributed by atoms with Crippen LogP contribution in [-0.2, 0) is 25.5 Å². The fourth-order valence-electron chi connectivity index (χ4n) is 1.99. The number of carbonyl (C=O) groups is 3. The Hall–Kier alpha value is -2.83. The van der Waals surface area contributed by atoms with Crippen LogP contribution in [0.15, 0.2) is 43.0 Å². The Bertz CT molecular complexity index is 623. The van der Waals surface area contributed by atoms with Gasteiger partial charge in [0.05, 0.1) is 0 Å². The number of benzene rings is 1. The number of carbonyl (C=O) groups excluding carboxylic acids is 3. The summed E-state index contributed by atoms with van der Waals surface area (Å²) in [5.74, 6) is -1.09. The summed E-state index contributed by atoms with van der Waals surface area (Å²) >= 11 is 0. The molecular formula is C19H26N2O5. The molecule has 142 valence electrons. The Morgan fingerprint density at radius 1 is 1.19 bits per heavy atom. The average molecular weight is 362 g/mol. The van der Waals surface area contributed by atoms with Crippen LogP contribution in [0.2, 0.25) is 0 Å². The number of esters is 1. The standard InChI is InChI=1S/C19H26N2O5/c1-5-11-25-16(22)13-20-17(23)15(12-14-9-7-6-8-10-14)21-18(24)26-19(2,3)4/h5-10,15H,1,11-13H2,2-4H3,(H,20,23)(H,21,24). The van der Waals surface area contributed by atoms with E-state index in [1.54, 1.807) is 20.8 Å². The van der Waals surface area contributed by atoms with E-state index in [4.69, 9.17) is 9.47 Å². The van der Waals surface area contributed by atoms with Crippen molar-refractivity contribution in [3.05, 3.63) is 48.6 Å². The summed E-state index contributed by atoms with van der Waals surface area (Å²) in [5, 5.41) is 5.01. The highest BCUT2D eigenvalue weighted by molar-refractivity contribution is 5.88. The molecule has 1 unspecified atom stereocenters. The number of alkyl carbamates (subject to hydrolysis) is 1. The second-order valence-corrected chi connectivity index (χ2v) is 6.58. The third-order valence-corrected chi connectivity index (χ3v) is 3.06. The first-order chi connectivity index (χ1) is 12.2. The minimum atomic E-state index is -0.889. The molecule has 0 aliphatic carbocycles. The predicted octanol–water partition coefficient (Wildman–Crippen LogP) is 1.97. The van der Waals surface area contributed by atoms with Crippen molar-refractivity contribution in [3.8, 4) is 0 Å². The predicted molar refractivity (Wildman–Crippen MR) is 97.5 cm³/mol. The highest BCUT2D eigenvalue weighted by atomic mass is 16.6. The molecule has 0 bridgehead atoms. The van der Waals surface area contributed by atoms with Gasteiger partial charge in [-0.25, -0.2) is 4.79 Å². The molecule has 1 aromatic rings. The fourth-order valence-corrected chi connectivity index (χ4v) is 1.99. The van der Waals surface area contributed by atoms with Crippen LogP contribution in [0.4, 0.5) is 4.79 Å². The van der Waals surface area contributed by atoms with Gasteiger partial charge in [0.25, 0.3) is 0 Å². The van der Waals surface area contributed by atoms with Crippen molar-refractivity contribution >= 4 is 18.0 Å². The molecule has 7 nitrogen and oxygen atoms in total. The number of nitrogens with one attached hydrogen (secondary N) is 2. The van der Waals surface area contributed by atoms with Crippen LogP contribution in [0.1, 0.15) is 26.3 Å². The first kappa shape index (κ1) is 21.2. The van der Waals surface area contributed by atoms with E-state index >= 15 is 0 Å². The number of rotatable bonds is 8. The van der Waals surface area contributed by atoms with E-state index in [1.165, 1.54) is 6.08 Å². The van der Waals surface area contributed by atoms with E-state index in [0.717, 1.165) is 5.56 Å². The van der Waals surface area contributed by atoms with E-state index in [1.807, 2.05) is 30.3 Å². The molecule has 0 spiro atoms. The van der Waals surface area contributed by atoms with Crippen LogP contribution < -0.4 is 10.6 Å². The van der Waals surface area contributed by atoms with Gasteiger partial charge in [0.15, 0.2) is 0 Å². The van der Waals surface area contributed by atoms with Crippen molar-refractivity contribution < 1.29 is 23.9 Å². The van der Waals surface area contributed by atoms with Gasteiger partial charge in [-0.05, 0) is 26.3 Å². The molecule has 2 amide bonds. The van der Waals surface area contributed by atoms with Crippen LogP contribution in [0, 0.1) is 0 Å².